The van der Waals surface area contributed by atoms with Gasteiger partial charge in [0.2, 0.25) is 5.91 Å². The second-order valence-corrected chi connectivity index (χ2v) is 6.08. The standard InChI is InChI=1S/C21H24N2O5/c1-3-27-18-10-8-17(9-11-18)22-19(24)12-13-21(26)28-14-20(25)23-16-6-4-15(2)5-7-16/h4-11H,3,12-14H2,1-2H3,(H,22,24)(H,23,25). The van der Waals surface area contributed by atoms with Gasteiger partial charge in [0.15, 0.2) is 6.61 Å². The fourth-order valence-electron chi connectivity index (χ4n) is 2.29. The molecule has 2 aromatic carbocycles. The van der Waals surface area contributed by atoms with Crippen molar-refractivity contribution in [1.29, 1.82) is 0 Å². The predicted octanol–water partition coefficient (Wildman–Crippen LogP) is 3.29. The predicted molar refractivity (Wildman–Crippen MR) is 106 cm³/mol. The molecule has 2 rings (SSSR count). The molecule has 0 fully saturated rings. The van der Waals surface area contributed by atoms with Crippen LogP contribution in [0.2, 0.25) is 0 Å². The summed E-state index contributed by atoms with van der Waals surface area (Å²) in [5, 5.41) is 5.32. The van der Waals surface area contributed by atoms with Crippen LogP contribution in [0, 0.1) is 6.92 Å². The third-order valence-corrected chi connectivity index (χ3v) is 3.70. The van der Waals surface area contributed by atoms with Crippen molar-refractivity contribution < 1.29 is 23.9 Å². The van der Waals surface area contributed by atoms with Gasteiger partial charge in [-0.25, -0.2) is 0 Å². The summed E-state index contributed by atoms with van der Waals surface area (Å²) < 4.78 is 10.2. The van der Waals surface area contributed by atoms with Crippen molar-refractivity contribution in [1.82, 2.24) is 0 Å². The van der Waals surface area contributed by atoms with Gasteiger partial charge < -0.3 is 20.1 Å². The van der Waals surface area contributed by atoms with Crippen molar-refractivity contribution in [3.63, 3.8) is 0 Å². The quantitative estimate of drug-likeness (QED) is 0.647. The molecule has 2 aromatic rings. The average molecular weight is 384 g/mol. The first-order valence-electron chi connectivity index (χ1n) is 9.01. The number of ether oxygens (including phenoxy) is 2. The maximum absolute atomic E-state index is 11.9. The number of carbonyl (C=O) groups is 3. The molecule has 2 N–H and O–H groups in total. The molecule has 0 radical (unpaired) electrons. The van der Waals surface area contributed by atoms with Crippen molar-refractivity contribution in [2.24, 2.45) is 0 Å². The van der Waals surface area contributed by atoms with E-state index >= 15 is 0 Å². The third kappa shape index (κ3) is 7.49. The van der Waals surface area contributed by atoms with Crippen LogP contribution in [0.3, 0.4) is 0 Å². The van der Waals surface area contributed by atoms with Gasteiger partial charge in [0.05, 0.1) is 13.0 Å². The van der Waals surface area contributed by atoms with E-state index in [1.54, 1.807) is 36.4 Å². The summed E-state index contributed by atoms with van der Waals surface area (Å²) in [6.45, 7) is 4.00. The molecule has 0 saturated carbocycles. The zero-order valence-corrected chi connectivity index (χ0v) is 16.0. The number of anilines is 2. The molecule has 0 atom stereocenters. The molecule has 0 bridgehead atoms. The van der Waals surface area contributed by atoms with Crippen LogP contribution < -0.4 is 15.4 Å². The molecule has 148 valence electrons. The summed E-state index contributed by atoms with van der Waals surface area (Å²) in [7, 11) is 0. The molecule has 0 aliphatic rings. The van der Waals surface area contributed by atoms with Gasteiger partial charge in [-0.2, -0.15) is 0 Å². The zero-order valence-electron chi connectivity index (χ0n) is 16.0. The molecule has 0 aliphatic carbocycles. The van der Waals surface area contributed by atoms with E-state index in [0.29, 0.717) is 23.7 Å². The van der Waals surface area contributed by atoms with Gasteiger partial charge in [0.1, 0.15) is 5.75 Å². The van der Waals surface area contributed by atoms with E-state index in [-0.39, 0.29) is 18.7 Å². The second-order valence-electron chi connectivity index (χ2n) is 6.08. The van der Waals surface area contributed by atoms with Crippen LogP contribution in [0.5, 0.6) is 5.75 Å². The number of aryl methyl sites for hydroxylation is 1. The molecule has 7 heteroatoms. The van der Waals surface area contributed by atoms with Crippen LogP contribution in [0.1, 0.15) is 25.3 Å². The van der Waals surface area contributed by atoms with Crippen LogP contribution in [-0.2, 0) is 19.1 Å². The van der Waals surface area contributed by atoms with E-state index in [1.165, 1.54) is 0 Å². The van der Waals surface area contributed by atoms with E-state index in [4.69, 9.17) is 9.47 Å². The molecular weight excluding hydrogens is 360 g/mol. The van der Waals surface area contributed by atoms with Gasteiger partial charge in [-0.15, -0.1) is 0 Å². The first kappa shape index (κ1) is 21.0. The smallest absolute Gasteiger partial charge is 0.306 e. The van der Waals surface area contributed by atoms with Gasteiger partial charge >= 0.3 is 5.97 Å². The number of nitrogens with one attached hydrogen (secondary N) is 2. The highest BCUT2D eigenvalue weighted by Crippen LogP contribution is 2.16. The Morgan fingerprint density at radius 1 is 0.821 bits per heavy atom. The molecule has 7 nitrogen and oxygen atoms in total. The first-order chi connectivity index (χ1) is 13.5. The Hall–Kier alpha value is -3.35. The SMILES string of the molecule is CCOc1ccc(NC(=O)CCC(=O)OCC(=O)Nc2ccc(C)cc2)cc1. The number of hydrogen-bond donors (Lipinski definition) is 2. The van der Waals surface area contributed by atoms with Crippen molar-refractivity contribution in [2.45, 2.75) is 26.7 Å². The molecule has 0 saturated heterocycles. The lowest BCUT2D eigenvalue weighted by Crippen LogP contribution is -2.21. The van der Waals surface area contributed by atoms with Crippen LogP contribution in [0.25, 0.3) is 0 Å². The number of benzene rings is 2. The van der Waals surface area contributed by atoms with Crippen LogP contribution in [0.4, 0.5) is 11.4 Å². The van der Waals surface area contributed by atoms with Crippen LogP contribution >= 0.6 is 0 Å². The molecular formula is C21H24N2O5. The Bertz CT molecular complexity index is 801. The zero-order chi connectivity index (χ0) is 20.4. The fraction of sp³-hybridized carbons (Fsp3) is 0.286. The first-order valence-corrected chi connectivity index (χ1v) is 9.01. The van der Waals surface area contributed by atoms with Gasteiger partial charge in [0, 0.05) is 17.8 Å². The molecule has 0 heterocycles. The molecule has 0 aliphatic heterocycles. The van der Waals surface area contributed by atoms with Gasteiger partial charge in [-0.1, -0.05) is 17.7 Å². The summed E-state index contributed by atoms with van der Waals surface area (Å²) >= 11 is 0. The van der Waals surface area contributed by atoms with E-state index in [1.807, 2.05) is 26.0 Å². The average Bonchev–Trinajstić information content (AvgIpc) is 2.68. The fourth-order valence-corrected chi connectivity index (χ4v) is 2.29. The number of carbonyl (C=O) groups excluding carboxylic acids is 3. The lowest BCUT2D eigenvalue weighted by Gasteiger charge is -2.08. The lowest BCUT2D eigenvalue weighted by molar-refractivity contribution is -0.147. The largest absolute Gasteiger partial charge is 0.494 e. The highest BCUT2D eigenvalue weighted by molar-refractivity contribution is 5.94. The molecule has 0 spiro atoms. The van der Waals surface area contributed by atoms with Crippen molar-refractivity contribution in [3.8, 4) is 5.75 Å². The minimum atomic E-state index is -0.610. The van der Waals surface area contributed by atoms with Crippen molar-refractivity contribution in [2.75, 3.05) is 23.8 Å². The highest BCUT2D eigenvalue weighted by atomic mass is 16.5. The number of amides is 2. The van der Waals surface area contributed by atoms with E-state index in [0.717, 1.165) is 5.56 Å². The minimum absolute atomic E-state index is 0.0361. The molecule has 0 unspecified atom stereocenters. The number of hydrogen-bond acceptors (Lipinski definition) is 5. The maximum atomic E-state index is 11.9. The number of esters is 1. The summed E-state index contributed by atoms with van der Waals surface area (Å²) in [6, 6.07) is 14.2. The Morgan fingerprint density at radius 2 is 1.39 bits per heavy atom. The lowest BCUT2D eigenvalue weighted by atomic mass is 10.2. The van der Waals surface area contributed by atoms with E-state index in [9.17, 15) is 14.4 Å². The Labute approximate surface area is 164 Å². The summed E-state index contributed by atoms with van der Waals surface area (Å²) in [5.74, 6) is -0.643. The third-order valence-electron chi connectivity index (χ3n) is 3.70. The normalized spacial score (nSPS) is 10.1. The van der Waals surface area contributed by atoms with Gasteiger partial charge in [-0.05, 0) is 50.2 Å². The maximum Gasteiger partial charge on any atom is 0.306 e. The second kappa shape index (κ2) is 10.7. The van der Waals surface area contributed by atoms with Crippen molar-refractivity contribution in [3.05, 3.63) is 54.1 Å². The Morgan fingerprint density at radius 3 is 2.00 bits per heavy atom. The van der Waals surface area contributed by atoms with Gasteiger partial charge in [0.25, 0.3) is 5.91 Å². The topological polar surface area (TPSA) is 93.7 Å². The van der Waals surface area contributed by atoms with Crippen LogP contribution in [-0.4, -0.2) is 31.0 Å². The highest BCUT2D eigenvalue weighted by Gasteiger charge is 2.11. The Balaban J connectivity index is 1.66. The molecule has 28 heavy (non-hydrogen) atoms. The van der Waals surface area contributed by atoms with Crippen molar-refractivity contribution >= 4 is 29.2 Å². The Kier molecular flexibility index (Phi) is 8.02. The van der Waals surface area contributed by atoms with E-state index < -0.39 is 18.5 Å². The molecule has 2 amide bonds. The summed E-state index contributed by atoms with van der Waals surface area (Å²) in [6.07, 6.45) is -0.147. The molecule has 0 aromatic heterocycles. The summed E-state index contributed by atoms with van der Waals surface area (Å²) in [5.41, 5.74) is 2.31. The van der Waals surface area contributed by atoms with E-state index in [2.05, 4.69) is 10.6 Å². The summed E-state index contributed by atoms with van der Waals surface area (Å²) in [4.78, 5) is 35.4. The monoisotopic (exact) mass is 384 g/mol. The van der Waals surface area contributed by atoms with Gasteiger partial charge in [-0.3, -0.25) is 14.4 Å². The number of rotatable bonds is 9. The van der Waals surface area contributed by atoms with Crippen LogP contribution in [0.15, 0.2) is 48.5 Å². The minimum Gasteiger partial charge on any atom is -0.494 e.